The maximum absolute atomic E-state index is 11.7. The maximum Gasteiger partial charge on any atom is 0.254 e. The lowest BCUT2D eigenvalue weighted by atomic mass is 10.1. The molecule has 0 saturated heterocycles. The number of H-pyrrole nitrogens is 1. The van der Waals surface area contributed by atoms with E-state index in [1.54, 1.807) is 0 Å². The van der Waals surface area contributed by atoms with E-state index in [-0.39, 0.29) is 11.3 Å². The summed E-state index contributed by atoms with van der Waals surface area (Å²) in [7, 11) is 0. The van der Waals surface area contributed by atoms with Gasteiger partial charge in [0.25, 0.3) is 5.91 Å². The normalized spacial score (nSPS) is 12.8. The molecule has 0 radical (unpaired) electrons. The Bertz CT molecular complexity index is 349. The fourth-order valence-corrected chi connectivity index (χ4v) is 1.91. The Morgan fingerprint density at radius 1 is 1.62 bits per heavy atom. The van der Waals surface area contributed by atoms with Crippen molar-refractivity contribution in [1.82, 2.24) is 15.5 Å². The van der Waals surface area contributed by atoms with Gasteiger partial charge in [0.05, 0.1) is 17.1 Å². The van der Waals surface area contributed by atoms with Crippen molar-refractivity contribution in [3.05, 3.63) is 17.5 Å². The third-order valence-corrected chi connectivity index (χ3v) is 2.62. The van der Waals surface area contributed by atoms with Crippen molar-refractivity contribution in [1.29, 1.82) is 0 Å². The van der Waals surface area contributed by atoms with E-state index in [4.69, 9.17) is 11.6 Å². The Labute approximate surface area is 101 Å². The van der Waals surface area contributed by atoms with Gasteiger partial charge in [0.15, 0.2) is 0 Å². The summed E-state index contributed by atoms with van der Waals surface area (Å²) in [4.78, 5) is 11.7. The minimum absolute atomic E-state index is 0.0174. The largest absolute Gasteiger partial charge is 0.350 e. The number of amides is 1. The van der Waals surface area contributed by atoms with Crippen LogP contribution in [-0.4, -0.2) is 28.0 Å². The van der Waals surface area contributed by atoms with Crippen LogP contribution in [0, 0.1) is 12.8 Å². The van der Waals surface area contributed by atoms with E-state index in [0.717, 1.165) is 12.1 Å². The molecule has 2 N–H and O–H groups in total. The van der Waals surface area contributed by atoms with Crippen LogP contribution in [0.15, 0.2) is 6.20 Å². The topological polar surface area (TPSA) is 57.8 Å². The first kappa shape index (κ1) is 13.0. The molecule has 0 bridgehead atoms. The summed E-state index contributed by atoms with van der Waals surface area (Å²) in [6, 6.07) is 0. The van der Waals surface area contributed by atoms with E-state index in [0.29, 0.717) is 18.0 Å². The number of carbonyl (C=O) groups is 1. The zero-order valence-corrected chi connectivity index (χ0v) is 10.6. The molecule has 0 spiro atoms. The van der Waals surface area contributed by atoms with Gasteiger partial charge in [-0.1, -0.05) is 13.8 Å². The quantitative estimate of drug-likeness (QED) is 0.779. The summed E-state index contributed by atoms with van der Waals surface area (Å²) in [5, 5.41) is 9.31. The molecule has 1 heterocycles. The predicted octanol–water partition coefficient (Wildman–Crippen LogP) is 2.10. The Kier molecular flexibility index (Phi) is 4.80. The molecular weight excluding hydrogens is 226 g/mol. The van der Waals surface area contributed by atoms with E-state index in [9.17, 15) is 4.79 Å². The van der Waals surface area contributed by atoms with Crippen molar-refractivity contribution in [2.24, 2.45) is 5.92 Å². The lowest BCUT2D eigenvalue weighted by Gasteiger charge is -2.12. The SMILES string of the molecule is Cc1[nH]ncc1C(=O)NCC(Cl)CC(C)C. The second kappa shape index (κ2) is 5.89. The van der Waals surface area contributed by atoms with Crippen LogP contribution in [0.2, 0.25) is 0 Å². The zero-order valence-electron chi connectivity index (χ0n) is 9.88. The highest BCUT2D eigenvalue weighted by atomic mass is 35.5. The van der Waals surface area contributed by atoms with E-state index >= 15 is 0 Å². The molecule has 1 amide bonds. The van der Waals surface area contributed by atoms with Gasteiger partial charge in [-0.3, -0.25) is 9.89 Å². The number of hydrogen-bond acceptors (Lipinski definition) is 2. The molecule has 0 aliphatic carbocycles. The first-order valence-electron chi connectivity index (χ1n) is 5.43. The van der Waals surface area contributed by atoms with Crippen LogP contribution in [0.4, 0.5) is 0 Å². The van der Waals surface area contributed by atoms with Crippen molar-refractivity contribution in [3.63, 3.8) is 0 Å². The molecule has 1 atom stereocenters. The first-order valence-corrected chi connectivity index (χ1v) is 5.86. The third-order valence-electron chi connectivity index (χ3n) is 2.29. The highest BCUT2D eigenvalue weighted by Gasteiger charge is 2.13. The number of rotatable bonds is 5. The summed E-state index contributed by atoms with van der Waals surface area (Å²) in [6.45, 7) is 6.52. The second-order valence-electron chi connectivity index (χ2n) is 4.35. The van der Waals surface area contributed by atoms with Crippen LogP contribution in [0.5, 0.6) is 0 Å². The number of aryl methyl sites for hydroxylation is 1. The van der Waals surface area contributed by atoms with Crippen molar-refractivity contribution >= 4 is 17.5 Å². The summed E-state index contributed by atoms with van der Waals surface area (Å²) in [5.74, 6) is 0.413. The lowest BCUT2D eigenvalue weighted by molar-refractivity contribution is 0.0952. The average molecular weight is 244 g/mol. The fourth-order valence-electron chi connectivity index (χ4n) is 1.47. The number of alkyl halides is 1. The highest BCUT2D eigenvalue weighted by molar-refractivity contribution is 6.20. The molecule has 16 heavy (non-hydrogen) atoms. The molecule has 4 nitrogen and oxygen atoms in total. The predicted molar refractivity (Wildman–Crippen MR) is 64.8 cm³/mol. The number of nitrogens with one attached hydrogen (secondary N) is 2. The summed E-state index contributed by atoms with van der Waals surface area (Å²) in [6.07, 6.45) is 2.42. The molecule has 1 rings (SSSR count). The number of halogens is 1. The maximum atomic E-state index is 11.7. The van der Waals surface area contributed by atoms with Crippen LogP contribution in [0.1, 0.15) is 36.3 Å². The average Bonchev–Trinajstić information content (AvgIpc) is 2.60. The minimum atomic E-state index is -0.124. The number of aromatic amines is 1. The summed E-state index contributed by atoms with van der Waals surface area (Å²) in [5.41, 5.74) is 1.35. The third kappa shape index (κ3) is 3.85. The molecule has 1 unspecified atom stereocenters. The van der Waals surface area contributed by atoms with Crippen LogP contribution in [0.25, 0.3) is 0 Å². The lowest BCUT2D eigenvalue weighted by Crippen LogP contribution is -2.30. The Balaban J connectivity index is 2.39. The minimum Gasteiger partial charge on any atom is -0.350 e. The van der Waals surface area contributed by atoms with E-state index < -0.39 is 0 Å². The molecule has 1 aromatic rings. The van der Waals surface area contributed by atoms with Crippen LogP contribution < -0.4 is 5.32 Å². The molecule has 0 saturated carbocycles. The van der Waals surface area contributed by atoms with E-state index in [1.807, 2.05) is 6.92 Å². The summed E-state index contributed by atoms with van der Waals surface area (Å²) < 4.78 is 0. The van der Waals surface area contributed by atoms with Gasteiger partial charge in [-0.2, -0.15) is 5.10 Å². The number of carbonyl (C=O) groups excluding carboxylic acids is 1. The van der Waals surface area contributed by atoms with Gasteiger partial charge < -0.3 is 5.32 Å². The molecular formula is C11H18ClN3O. The second-order valence-corrected chi connectivity index (χ2v) is 4.96. The molecule has 1 aromatic heterocycles. The Morgan fingerprint density at radius 2 is 2.31 bits per heavy atom. The van der Waals surface area contributed by atoms with Crippen LogP contribution >= 0.6 is 11.6 Å². The van der Waals surface area contributed by atoms with E-state index in [1.165, 1.54) is 6.20 Å². The Hall–Kier alpha value is -1.03. The molecule has 90 valence electrons. The molecule has 0 aromatic carbocycles. The van der Waals surface area contributed by atoms with Gasteiger partial charge in [-0.15, -0.1) is 11.6 Å². The standard InChI is InChI=1S/C11H18ClN3O/c1-7(2)4-9(12)5-13-11(16)10-6-14-15-8(10)3/h6-7,9H,4-5H2,1-3H3,(H,13,16)(H,14,15). The summed E-state index contributed by atoms with van der Waals surface area (Å²) >= 11 is 6.08. The highest BCUT2D eigenvalue weighted by Crippen LogP contribution is 2.10. The smallest absolute Gasteiger partial charge is 0.254 e. The molecule has 0 aliphatic heterocycles. The van der Waals surface area contributed by atoms with E-state index in [2.05, 4.69) is 29.4 Å². The fraction of sp³-hybridized carbons (Fsp3) is 0.636. The van der Waals surface area contributed by atoms with Crippen molar-refractivity contribution in [2.45, 2.75) is 32.6 Å². The van der Waals surface area contributed by atoms with Gasteiger partial charge in [-0.25, -0.2) is 0 Å². The van der Waals surface area contributed by atoms with Gasteiger partial charge in [0, 0.05) is 12.2 Å². The van der Waals surface area contributed by atoms with Crippen molar-refractivity contribution in [3.8, 4) is 0 Å². The van der Waals surface area contributed by atoms with Gasteiger partial charge >= 0.3 is 0 Å². The van der Waals surface area contributed by atoms with Gasteiger partial charge in [-0.05, 0) is 19.3 Å². The molecule has 5 heteroatoms. The van der Waals surface area contributed by atoms with Gasteiger partial charge in [0.1, 0.15) is 0 Å². The monoisotopic (exact) mass is 243 g/mol. The van der Waals surface area contributed by atoms with Crippen molar-refractivity contribution < 1.29 is 4.79 Å². The van der Waals surface area contributed by atoms with Crippen LogP contribution in [-0.2, 0) is 0 Å². The van der Waals surface area contributed by atoms with Crippen molar-refractivity contribution in [2.75, 3.05) is 6.54 Å². The number of nitrogens with zero attached hydrogens (tertiary/aromatic N) is 1. The first-order chi connectivity index (χ1) is 7.50. The number of hydrogen-bond donors (Lipinski definition) is 2. The Morgan fingerprint density at radius 3 is 2.81 bits per heavy atom. The number of aromatic nitrogens is 2. The molecule has 0 fully saturated rings. The van der Waals surface area contributed by atoms with Crippen LogP contribution in [0.3, 0.4) is 0 Å². The molecule has 0 aliphatic rings. The van der Waals surface area contributed by atoms with Gasteiger partial charge in [0.2, 0.25) is 0 Å². The zero-order chi connectivity index (χ0) is 12.1.